The standard InChI is InChI=1S/C30H37N5O6.ClH/c1-19-24(14-15-27(37)34-26(30(40)41)18-20-7-3-2-4-8-20)35-29(39)25(33-19)9-5-6-16-32-28(38)23(31)17-21-10-12-22(36)13-11-21;/h2-4,7-8,10-13,23,26,36H,5-6,9,14-18,31H2,1H3,(H,32,38)(H,34,37)(H,35,39)(H,40,41);1H/t23-,26-;/m0./s1. The molecule has 11 nitrogen and oxygen atoms in total. The summed E-state index contributed by atoms with van der Waals surface area (Å²) in [5.41, 5.74) is 6.83. The van der Waals surface area contributed by atoms with Crippen LogP contribution < -0.4 is 34.3 Å². The Labute approximate surface area is 250 Å². The van der Waals surface area contributed by atoms with E-state index in [1.54, 1.807) is 43.3 Å². The largest absolute Gasteiger partial charge is 1.00 e. The molecular weight excluding hydrogens is 562 g/mol. The van der Waals surface area contributed by atoms with E-state index in [-0.39, 0.29) is 48.9 Å². The lowest BCUT2D eigenvalue weighted by molar-refractivity contribution is -0.403. The number of nitrogens with zero attached hydrogens (tertiary/aromatic N) is 1. The van der Waals surface area contributed by atoms with Gasteiger partial charge in [0.25, 0.3) is 11.5 Å². The number of unbranched alkanes of at least 4 members (excludes halogenated alkanes) is 1. The molecule has 0 bridgehead atoms. The smallest absolute Gasteiger partial charge is 0.326 e. The van der Waals surface area contributed by atoms with Crippen LogP contribution in [0.15, 0.2) is 59.4 Å². The first-order chi connectivity index (χ1) is 19.6. The predicted molar refractivity (Wildman–Crippen MR) is 152 cm³/mol. The van der Waals surface area contributed by atoms with Crippen molar-refractivity contribution in [3.05, 3.63) is 93.2 Å². The first-order valence-corrected chi connectivity index (χ1v) is 13.7. The number of hydrogen-bond donors (Lipinski definition) is 6. The number of benzene rings is 2. The average molecular weight is 600 g/mol. The van der Waals surface area contributed by atoms with Crippen LogP contribution in [0.3, 0.4) is 0 Å². The SMILES string of the molecule is Cc1nc(CCCCNC(=O)[C@@H]([NH3+])Cc2ccc(O)cc2)c(=O)[nH]c1CCC(=O)N[C@@H](Cc1ccccc1)C(=O)O.[Cl-]. The Morgan fingerprint density at radius 1 is 0.976 bits per heavy atom. The number of phenols is 1. The quantitative estimate of drug-likeness (QED) is 0.107. The highest BCUT2D eigenvalue weighted by atomic mass is 35.5. The maximum atomic E-state index is 12.6. The van der Waals surface area contributed by atoms with Gasteiger partial charge in [-0.15, -0.1) is 0 Å². The Hall–Kier alpha value is -4.22. The summed E-state index contributed by atoms with van der Waals surface area (Å²) in [5, 5.41) is 24.3. The number of nitrogens with one attached hydrogen (secondary N) is 3. The van der Waals surface area contributed by atoms with Gasteiger partial charge in [-0.25, -0.2) is 4.79 Å². The Bertz CT molecular complexity index is 1380. The lowest BCUT2D eigenvalue weighted by Gasteiger charge is -2.15. The van der Waals surface area contributed by atoms with Crippen LogP contribution in [0.4, 0.5) is 0 Å². The summed E-state index contributed by atoms with van der Waals surface area (Å²) >= 11 is 0. The van der Waals surface area contributed by atoms with Crippen LogP contribution in [-0.2, 0) is 40.1 Å². The molecule has 1 aromatic heterocycles. The van der Waals surface area contributed by atoms with Crippen molar-refractivity contribution in [3.63, 3.8) is 0 Å². The van der Waals surface area contributed by atoms with E-state index in [1.165, 1.54) is 0 Å². The summed E-state index contributed by atoms with van der Waals surface area (Å²) in [6.45, 7) is 2.21. The molecule has 3 aromatic rings. The highest BCUT2D eigenvalue weighted by molar-refractivity contribution is 5.83. The second kappa shape index (κ2) is 16.9. The van der Waals surface area contributed by atoms with Crippen molar-refractivity contribution in [1.29, 1.82) is 0 Å². The summed E-state index contributed by atoms with van der Waals surface area (Å²) in [4.78, 5) is 56.2. The van der Waals surface area contributed by atoms with Gasteiger partial charge in [0.15, 0.2) is 6.04 Å². The van der Waals surface area contributed by atoms with Gasteiger partial charge in [0, 0.05) is 31.5 Å². The van der Waals surface area contributed by atoms with E-state index in [4.69, 9.17) is 0 Å². The number of quaternary nitrogens is 1. The minimum atomic E-state index is -1.11. The summed E-state index contributed by atoms with van der Waals surface area (Å²) in [6.07, 6.45) is 2.62. The molecular formula is C30H38ClN5O6. The average Bonchev–Trinajstić information content (AvgIpc) is 2.94. The van der Waals surface area contributed by atoms with Crippen molar-refractivity contribution in [3.8, 4) is 5.75 Å². The topological polar surface area (TPSA) is 189 Å². The van der Waals surface area contributed by atoms with E-state index < -0.39 is 24.0 Å². The molecule has 0 saturated heterocycles. The molecule has 0 aliphatic rings. The van der Waals surface area contributed by atoms with Gasteiger partial charge in [-0.2, -0.15) is 0 Å². The highest BCUT2D eigenvalue weighted by Gasteiger charge is 2.21. The van der Waals surface area contributed by atoms with Crippen LogP contribution >= 0.6 is 0 Å². The molecule has 0 fully saturated rings. The number of amides is 2. The van der Waals surface area contributed by atoms with Crippen LogP contribution in [-0.4, -0.2) is 56.6 Å². The molecule has 226 valence electrons. The van der Waals surface area contributed by atoms with Crippen LogP contribution in [0.1, 0.15) is 47.5 Å². The Morgan fingerprint density at radius 3 is 2.31 bits per heavy atom. The van der Waals surface area contributed by atoms with E-state index in [2.05, 4.69) is 26.3 Å². The summed E-state index contributed by atoms with van der Waals surface area (Å²) < 4.78 is 0. The van der Waals surface area contributed by atoms with Crippen LogP contribution in [0.5, 0.6) is 5.75 Å². The fourth-order valence-electron chi connectivity index (χ4n) is 4.37. The van der Waals surface area contributed by atoms with Gasteiger partial charge in [-0.1, -0.05) is 42.5 Å². The number of carboxylic acid groups (broad SMARTS) is 1. The summed E-state index contributed by atoms with van der Waals surface area (Å²) in [6, 6.07) is 14.2. The maximum Gasteiger partial charge on any atom is 0.326 e. The molecule has 2 aromatic carbocycles. The molecule has 12 heteroatoms. The second-order valence-corrected chi connectivity index (χ2v) is 10.0. The molecule has 3 rings (SSSR count). The van der Waals surface area contributed by atoms with Gasteiger partial charge in [-0.05, 0) is 55.9 Å². The highest BCUT2D eigenvalue weighted by Crippen LogP contribution is 2.11. The zero-order valence-corrected chi connectivity index (χ0v) is 24.3. The zero-order chi connectivity index (χ0) is 29.8. The molecule has 0 unspecified atom stereocenters. The molecule has 0 aliphatic heterocycles. The number of aliphatic carboxylic acids is 1. The number of carboxylic acids is 1. The van der Waals surface area contributed by atoms with E-state index >= 15 is 0 Å². The van der Waals surface area contributed by atoms with Crippen molar-refractivity contribution in [2.75, 3.05) is 6.54 Å². The van der Waals surface area contributed by atoms with E-state index in [9.17, 15) is 29.4 Å². The monoisotopic (exact) mass is 599 g/mol. The molecule has 0 radical (unpaired) electrons. The summed E-state index contributed by atoms with van der Waals surface area (Å²) in [5.74, 6) is -1.52. The van der Waals surface area contributed by atoms with E-state index in [1.807, 2.05) is 18.2 Å². The maximum absolute atomic E-state index is 12.6. The van der Waals surface area contributed by atoms with Gasteiger partial charge in [0.1, 0.15) is 17.5 Å². The van der Waals surface area contributed by atoms with E-state index in [0.717, 1.165) is 11.1 Å². The normalized spacial score (nSPS) is 12.0. The van der Waals surface area contributed by atoms with Crippen molar-refractivity contribution in [1.82, 2.24) is 20.6 Å². The molecule has 42 heavy (non-hydrogen) atoms. The summed E-state index contributed by atoms with van der Waals surface area (Å²) in [7, 11) is 0. The fourth-order valence-corrected chi connectivity index (χ4v) is 4.37. The Balaban J connectivity index is 0.00000616. The van der Waals surface area contributed by atoms with Crippen LogP contribution in [0, 0.1) is 6.92 Å². The van der Waals surface area contributed by atoms with Crippen molar-refractivity contribution in [2.45, 2.75) is 64.0 Å². The fraction of sp³-hybridized carbons (Fsp3) is 0.367. The lowest BCUT2D eigenvalue weighted by Crippen LogP contribution is -3.00. The van der Waals surface area contributed by atoms with Gasteiger partial charge in [0.2, 0.25) is 5.91 Å². The molecule has 2 atom stereocenters. The number of halogens is 1. The Morgan fingerprint density at radius 2 is 1.64 bits per heavy atom. The first kappa shape index (κ1) is 34.0. The van der Waals surface area contributed by atoms with Crippen LogP contribution in [0.25, 0.3) is 0 Å². The first-order valence-electron chi connectivity index (χ1n) is 13.7. The van der Waals surface area contributed by atoms with Gasteiger partial charge >= 0.3 is 5.97 Å². The third kappa shape index (κ3) is 11.0. The number of aryl methyl sites for hydroxylation is 3. The minimum absolute atomic E-state index is 0. The third-order valence-corrected chi connectivity index (χ3v) is 6.71. The zero-order valence-electron chi connectivity index (χ0n) is 23.6. The number of aromatic hydroxyl groups is 1. The number of H-pyrrole nitrogens is 1. The second-order valence-electron chi connectivity index (χ2n) is 10.0. The van der Waals surface area contributed by atoms with Crippen molar-refractivity contribution >= 4 is 17.8 Å². The van der Waals surface area contributed by atoms with Crippen LogP contribution in [0.2, 0.25) is 0 Å². The van der Waals surface area contributed by atoms with Crippen molar-refractivity contribution < 1.29 is 42.7 Å². The number of carbonyl (C=O) groups excluding carboxylic acids is 2. The van der Waals surface area contributed by atoms with E-state index in [0.29, 0.717) is 49.3 Å². The molecule has 8 N–H and O–H groups in total. The minimum Gasteiger partial charge on any atom is -1.00 e. The molecule has 1 heterocycles. The van der Waals surface area contributed by atoms with Gasteiger partial charge in [0.05, 0.1) is 5.69 Å². The number of aromatic amines is 1. The van der Waals surface area contributed by atoms with Gasteiger partial charge in [-0.3, -0.25) is 19.4 Å². The lowest BCUT2D eigenvalue weighted by atomic mass is 10.1. The number of carbonyl (C=O) groups is 3. The van der Waals surface area contributed by atoms with Crippen molar-refractivity contribution in [2.24, 2.45) is 0 Å². The number of phenolic OH excluding ortho intramolecular Hbond substituents is 1. The molecule has 0 saturated carbocycles. The Kier molecular flexibility index (Phi) is 13.7. The molecule has 2 amide bonds. The number of hydrogen-bond acceptors (Lipinski definition) is 6. The predicted octanol–water partition coefficient (Wildman–Crippen LogP) is -2.18. The molecule has 0 spiro atoms. The number of rotatable bonds is 15. The third-order valence-electron chi connectivity index (χ3n) is 6.71. The molecule has 0 aliphatic carbocycles. The number of aromatic nitrogens is 2. The van der Waals surface area contributed by atoms with Gasteiger partial charge < -0.3 is 44.0 Å².